The maximum absolute atomic E-state index is 12.2. The van der Waals surface area contributed by atoms with Gasteiger partial charge < -0.3 is 5.32 Å². The molecule has 0 aliphatic carbocycles. The number of carbonyl (C=O) groups is 1. The largest absolute Gasteiger partial charge is 0.321 e. The third-order valence-corrected chi connectivity index (χ3v) is 5.27. The summed E-state index contributed by atoms with van der Waals surface area (Å²) >= 11 is 3.19. The van der Waals surface area contributed by atoms with Gasteiger partial charge in [-0.25, -0.2) is 13.4 Å². The standard InChI is InChI=1S/C14H13BrN2O3S/c1-2-21(19,20)12-8-4-3-7-11(12)17-14(18)10-6-5-9-16-13(10)15/h3-9H,2H2,1H3,(H,17,18). The lowest BCUT2D eigenvalue weighted by atomic mass is 10.2. The van der Waals surface area contributed by atoms with Crippen molar-refractivity contribution in [2.45, 2.75) is 11.8 Å². The number of para-hydroxylation sites is 1. The molecule has 0 bridgehead atoms. The highest BCUT2D eigenvalue weighted by Gasteiger charge is 2.18. The van der Waals surface area contributed by atoms with E-state index in [9.17, 15) is 13.2 Å². The molecule has 0 unspecified atom stereocenters. The lowest BCUT2D eigenvalue weighted by molar-refractivity contribution is 0.102. The third-order valence-electron chi connectivity index (χ3n) is 2.85. The fourth-order valence-corrected chi connectivity index (χ4v) is 3.22. The van der Waals surface area contributed by atoms with E-state index in [2.05, 4.69) is 26.2 Å². The van der Waals surface area contributed by atoms with Gasteiger partial charge in [0.25, 0.3) is 5.91 Å². The molecule has 0 spiro atoms. The second-order valence-electron chi connectivity index (χ2n) is 4.20. The van der Waals surface area contributed by atoms with Crippen molar-refractivity contribution in [3.05, 3.63) is 52.8 Å². The number of carbonyl (C=O) groups excluding carboxylic acids is 1. The number of hydrogen-bond acceptors (Lipinski definition) is 4. The van der Waals surface area contributed by atoms with Gasteiger partial charge in [0.2, 0.25) is 0 Å². The zero-order valence-corrected chi connectivity index (χ0v) is 13.6. The molecule has 0 saturated carbocycles. The van der Waals surface area contributed by atoms with Gasteiger partial charge in [0.1, 0.15) is 4.60 Å². The second-order valence-corrected chi connectivity index (χ2v) is 7.19. The summed E-state index contributed by atoms with van der Waals surface area (Å²) in [4.78, 5) is 16.3. The number of halogens is 1. The number of benzene rings is 1. The van der Waals surface area contributed by atoms with Crippen LogP contribution in [0.25, 0.3) is 0 Å². The van der Waals surface area contributed by atoms with Crippen molar-refractivity contribution in [1.82, 2.24) is 4.98 Å². The number of sulfone groups is 1. The van der Waals surface area contributed by atoms with Crippen molar-refractivity contribution >= 4 is 37.4 Å². The number of rotatable bonds is 4. The van der Waals surface area contributed by atoms with Crippen LogP contribution >= 0.6 is 15.9 Å². The summed E-state index contributed by atoms with van der Waals surface area (Å²) in [5, 5.41) is 2.62. The van der Waals surface area contributed by atoms with Gasteiger partial charge in [0.05, 0.1) is 21.9 Å². The third kappa shape index (κ3) is 3.48. The summed E-state index contributed by atoms with van der Waals surface area (Å²) < 4.78 is 24.5. The van der Waals surface area contributed by atoms with Gasteiger partial charge in [-0.1, -0.05) is 19.1 Å². The zero-order valence-electron chi connectivity index (χ0n) is 11.2. The summed E-state index contributed by atoms with van der Waals surface area (Å²) in [6, 6.07) is 9.57. The number of hydrogen-bond donors (Lipinski definition) is 1. The molecule has 21 heavy (non-hydrogen) atoms. The van der Waals surface area contributed by atoms with Gasteiger partial charge >= 0.3 is 0 Å². The first-order chi connectivity index (χ1) is 9.95. The molecule has 7 heteroatoms. The smallest absolute Gasteiger partial charge is 0.258 e. The minimum atomic E-state index is -3.41. The molecule has 2 aromatic rings. The Hall–Kier alpha value is -1.73. The average molecular weight is 369 g/mol. The van der Waals surface area contributed by atoms with Crippen LogP contribution < -0.4 is 5.32 Å². The zero-order chi connectivity index (χ0) is 15.5. The number of nitrogens with one attached hydrogen (secondary N) is 1. The average Bonchev–Trinajstić information content (AvgIpc) is 2.48. The van der Waals surface area contributed by atoms with Gasteiger partial charge in [-0.2, -0.15) is 0 Å². The minimum Gasteiger partial charge on any atom is -0.321 e. The first-order valence-corrected chi connectivity index (χ1v) is 8.64. The van der Waals surface area contributed by atoms with Crippen molar-refractivity contribution in [2.75, 3.05) is 11.1 Å². The maximum atomic E-state index is 12.2. The van der Waals surface area contributed by atoms with Crippen LogP contribution in [0, 0.1) is 0 Å². The Balaban J connectivity index is 2.38. The Bertz CT molecular complexity index is 775. The van der Waals surface area contributed by atoms with E-state index in [4.69, 9.17) is 0 Å². The van der Waals surface area contributed by atoms with Crippen LogP contribution in [-0.4, -0.2) is 25.1 Å². The van der Waals surface area contributed by atoms with E-state index < -0.39 is 15.7 Å². The monoisotopic (exact) mass is 368 g/mol. The summed E-state index contributed by atoms with van der Waals surface area (Å²) in [7, 11) is -3.41. The first kappa shape index (κ1) is 15.7. The molecule has 1 heterocycles. The SMILES string of the molecule is CCS(=O)(=O)c1ccccc1NC(=O)c1cccnc1Br. The fourth-order valence-electron chi connectivity index (χ4n) is 1.74. The molecule has 110 valence electrons. The van der Waals surface area contributed by atoms with Crippen LogP contribution in [0.1, 0.15) is 17.3 Å². The molecule has 1 aromatic heterocycles. The number of aromatic nitrogens is 1. The molecule has 0 saturated heterocycles. The second kappa shape index (κ2) is 6.36. The highest BCUT2D eigenvalue weighted by atomic mass is 79.9. The molecule has 0 atom stereocenters. The van der Waals surface area contributed by atoms with E-state index in [0.717, 1.165) is 0 Å². The number of pyridine rings is 1. The van der Waals surface area contributed by atoms with E-state index in [1.807, 2.05) is 0 Å². The minimum absolute atomic E-state index is 0.0313. The first-order valence-electron chi connectivity index (χ1n) is 6.19. The molecule has 0 radical (unpaired) electrons. The van der Waals surface area contributed by atoms with E-state index in [0.29, 0.717) is 10.2 Å². The highest BCUT2D eigenvalue weighted by Crippen LogP contribution is 2.23. The predicted octanol–water partition coefficient (Wildman–Crippen LogP) is 2.89. The molecule has 2 rings (SSSR count). The van der Waals surface area contributed by atoms with Crippen molar-refractivity contribution in [3.63, 3.8) is 0 Å². The summed E-state index contributed by atoms with van der Waals surface area (Å²) in [5.41, 5.74) is 0.598. The lowest BCUT2D eigenvalue weighted by Gasteiger charge is -2.11. The summed E-state index contributed by atoms with van der Waals surface area (Å²) in [6.45, 7) is 1.56. The van der Waals surface area contributed by atoms with Crippen molar-refractivity contribution in [1.29, 1.82) is 0 Å². The molecule has 5 nitrogen and oxygen atoms in total. The molecule has 1 aromatic carbocycles. The van der Waals surface area contributed by atoms with Crippen LogP contribution in [0.5, 0.6) is 0 Å². The highest BCUT2D eigenvalue weighted by molar-refractivity contribution is 9.10. The quantitative estimate of drug-likeness (QED) is 0.841. The normalized spacial score (nSPS) is 11.1. The van der Waals surface area contributed by atoms with Crippen LogP contribution in [0.2, 0.25) is 0 Å². The van der Waals surface area contributed by atoms with E-state index in [-0.39, 0.29) is 16.3 Å². The Morgan fingerprint density at radius 2 is 1.95 bits per heavy atom. The maximum Gasteiger partial charge on any atom is 0.258 e. The molecule has 0 aliphatic heterocycles. The molecular formula is C14H13BrN2O3S. The predicted molar refractivity (Wildman–Crippen MR) is 84.1 cm³/mol. The molecule has 1 N–H and O–H groups in total. The van der Waals surface area contributed by atoms with Gasteiger partial charge in [0, 0.05) is 6.20 Å². The van der Waals surface area contributed by atoms with Crippen LogP contribution in [0.4, 0.5) is 5.69 Å². The summed E-state index contributed by atoms with van der Waals surface area (Å²) in [6.07, 6.45) is 1.55. The van der Waals surface area contributed by atoms with Gasteiger partial charge in [0.15, 0.2) is 9.84 Å². The summed E-state index contributed by atoms with van der Waals surface area (Å²) in [5.74, 6) is -0.454. The number of anilines is 1. The molecule has 0 aliphatic rings. The Kier molecular flexibility index (Phi) is 4.74. The lowest BCUT2D eigenvalue weighted by Crippen LogP contribution is -2.16. The van der Waals surface area contributed by atoms with E-state index >= 15 is 0 Å². The topological polar surface area (TPSA) is 76.1 Å². The number of nitrogens with zero attached hydrogens (tertiary/aromatic N) is 1. The van der Waals surface area contributed by atoms with E-state index in [1.54, 1.807) is 43.5 Å². The van der Waals surface area contributed by atoms with Crippen LogP contribution in [-0.2, 0) is 9.84 Å². The van der Waals surface area contributed by atoms with Crippen LogP contribution in [0.3, 0.4) is 0 Å². The Labute approximate surface area is 131 Å². The van der Waals surface area contributed by atoms with Gasteiger partial charge in [-0.05, 0) is 40.2 Å². The van der Waals surface area contributed by atoms with Crippen molar-refractivity contribution in [3.8, 4) is 0 Å². The van der Waals surface area contributed by atoms with E-state index in [1.165, 1.54) is 6.07 Å². The molecular weight excluding hydrogens is 356 g/mol. The fraction of sp³-hybridized carbons (Fsp3) is 0.143. The molecule has 1 amide bonds. The van der Waals surface area contributed by atoms with Gasteiger partial charge in [-0.3, -0.25) is 4.79 Å². The Morgan fingerprint density at radius 3 is 2.62 bits per heavy atom. The van der Waals surface area contributed by atoms with Crippen molar-refractivity contribution < 1.29 is 13.2 Å². The Morgan fingerprint density at radius 1 is 1.24 bits per heavy atom. The van der Waals surface area contributed by atoms with Gasteiger partial charge in [-0.15, -0.1) is 0 Å². The van der Waals surface area contributed by atoms with Crippen molar-refractivity contribution in [2.24, 2.45) is 0 Å². The van der Waals surface area contributed by atoms with Crippen LogP contribution in [0.15, 0.2) is 52.1 Å². The molecule has 0 fully saturated rings. The number of amides is 1.